The Kier molecular flexibility index (Phi) is 8.14. The molecule has 5 heteroatoms. The number of carbonyl (C=O) groups excluding carboxylic acids is 3. The lowest BCUT2D eigenvalue weighted by Gasteiger charge is -2.35. The highest BCUT2D eigenvalue weighted by molar-refractivity contribution is 5.98. The number of amides is 1. The minimum absolute atomic E-state index is 0.0265. The summed E-state index contributed by atoms with van der Waals surface area (Å²) >= 11 is 0. The van der Waals surface area contributed by atoms with Crippen LogP contribution in [0.25, 0.3) is 0 Å². The van der Waals surface area contributed by atoms with Crippen molar-refractivity contribution < 1.29 is 19.1 Å². The van der Waals surface area contributed by atoms with Crippen LogP contribution in [-0.2, 0) is 24.5 Å². The molecule has 170 valence electrons. The van der Waals surface area contributed by atoms with Crippen LogP contribution in [0.15, 0.2) is 91.0 Å². The van der Waals surface area contributed by atoms with Crippen LogP contribution in [0.5, 0.6) is 0 Å². The van der Waals surface area contributed by atoms with Crippen molar-refractivity contribution in [3.8, 4) is 0 Å². The molecule has 0 saturated carbocycles. The summed E-state index contributed by atoms with van der Waals surface area (Å²) in [6.45, 7) is 1.78. The first-order valence-corrected chi connectivity index (χ1v) is 11.1. The molecule has 0 aromatic heterocycles. The van der Waals surface area contributed by atoms with Gasteiger partial charge in [-0.3, -0.25) is 9.59 Å². The Labute approximate surface area is 194 Å². The van der Waals surface area contributed by atoms with Gasteiger partial charge in [-0.15, -0.1) is 0 Å². The quantitative estimate of drug-likeness (QED) is 0.371. The van der Waals surface area contributed by atoms with E-state index in [1.807, 2.05) is 91.0 Å². The van der Waals surface area contributed by atoms with Crippen LogP contribution in [0.1, 0.15) is 42.9 Å². The fourth-order valence-electron chi connectivity index (χ4n) is 4.10. The van der Waals surface area contributed by atoms with E-state index in [2.05, 4.69) is 5.32 Å². The number of methoxy groups -OCH3 is 1. The summed E-state index contributed by atoms with van der Waals surface area (Å²) in [5.74, 6) is -0.903. The molecule has 0 radical (unpaired) electrons. The summed E-state index contributed by atoms with van der Waals surface area (Å²) in [5.41, 5.74) is 1.11. The summed E-state index contributed by atoms with van der Waals surface area (Å²) < 4.78 is 4.94. The molecule has 0 bridgehead atoms. The first kappa shape index (κ1) is 23.9. The maximum absolute atomic E-state index is 14.2. The lowest BCUT2D eigenvalue weighted by Crippen LogP contribution is -2.52. The Balaban J connectivity index is 2.15. The molecule has 0 fully saturated rings. The van der Waals surface area contributed by atoms with E-state index < -0.39 is 17.4 Å². The molecule has 0 aliphatic carbocycles. The third kappa shape index (κ3) is 5.20. The van der Waals surface area contributed by atoms with Crippen LogP contribution in [0.2, 0.25) is 0 Å². The van der Waals surface area contributed by atoms with Crippen LogP contribution in [0.4, 0.5) is 0 Å². The average molecular weight is 444 g/mol. The van der Waals surface area contributed by atoms with E-state index in [0.717, 1.165) is 16.7 Å². The molecule has 3 rings (SSSR count). The second-order valence-corrected chi connectivity index (χ2v) is 7.83. The minimum Gasteiger partial charge on any atom is -0.467 e. The van der Waals surface area contributed by atoms with Gasteiger partial charge in [-0.05, 0) is 23.1 Å². The van der Waals surface area contributed by atoms with Gasteiger partial charge in [0.15, 0.2) is 0 Å². The van der Waals surface area contributed by atoms with Gasteiger partial charge in [0.2, 0.25) is 5.91 Å². The van der Waals surface area contributed by atoms with Gasteiger partial charge < -0.3 is 10.1 Å². The number of benzene rings is 3. The summed E-state index contributed by atoms with van der Waals surface area (Å²) in [5, 5.41) is 2.92. The molecule has 3 aromatic rings. The van der Waals surface area contributed by atoms with Gasteiger partial charge in [0.05, 0.1) is 7.11 Å². The Bertz CT molecular complexity index is 968. The molecule has 5 nitrogen and oxygen atoms in total. The lowest BCUT2D eigenvalue weighted by molar-refractivity contribution is -0.145. The molecule has 0 aliphatic heterocycles. The predicted molar refractivity (Wildman–Crippen MR) is 128 cm³/mol. The standard InChI is InChI=1S/C28H29NO4/c1-3-24(30)19-20-25(26(31)33-2)29-27(32)28(21-13-7-4-8-14-21,22-15-9-5-10-16-22)23-17-11-6-12-18-23/h4-18,25H,3,19-20H2,1-2H3,(H,29,32)/t25-/m1/s1. The fraction of sp³-hybridized carbons (Fsp3) is 0.250. The van der Waals surface area contributed by atoms with Gasteiger partial charge in [0.25, 0.3) is 0 Å². The molecule has 0 heterocycles. The Morgan fingerprint density at radius 2 is 1.21 bits per heavy atom. The van der Waals surface area contributed by atoms with Crippen molar-refractivity contribution in [3.05, 3.63) is 108 Å². The number of esters is 1. The molecule has 1 N–H and O–H groups in total. The number of ketones is 1. The zero-order valence-corrected chi connectivity index (χ0v) is 19.0. The highest BCUT2D eigenvalue weighted by Gasteiger charge is 2.45. The first-order valence-electron chi connectivity index (χ1n) is 11.1. The van der Waals surface area contributed by atoms with E-state index >= 15 is 0 Å². The smallest absolute Gasteiger partial charge is 0.328 e. The third-order valence-electron chi connectivity index (χ3n) is 5.86. The van der Waals surface area contributed by atoms with Gasteiger partial charge in [0.1, 0.15) is 17.2 Å². The summed E-state index contributed by atoms with van der Waals surface area (Å²) in [6.07, 6.45) is 0.745. The van der Waals surface area contributed by atoms with Crippen molar-refractivity contribution >= 4 is 17.7 Å². The third-order valence-corrected chi connectivity index (χ3v) is 5.86. The maximum Gasteiger partial charge on any atom is 0.328 e. The Morgan fingerprint density at radius 3 is 1.58 bits per heavy atom. The second-order valence-electron chi connectivity index (χ2n) is 7.83. The minimum atomic E-state index is -1.20. The van der Waals surface area contributed by atoms with Gasteiger partial charge in [-0.25, -0.2) is 4.79 Å². The lowest BCUT2D eigenvalue weighted by atomic mass is 9.68. The average Bonchev–Trinajstić information content (AvgIpc) is 2.88. The number of rotatable bonds is 10. The van der Waals surface area contributed by atoms with Crippen LogP contribution in [0.3, 0.4) is 0 Å². The van der Waals surface area contributed by atoms with Crippen molar-refractivity contribution in [1.82, 2.24) is 5.32 Å². The van der Waals surface area contributed by atoms with Crippen LogP contribution < -0.4 is 5.32 Å². The van der Waals surface area contributed by atoms with Crippen molar-refractivity contribution in [2.45, 2.75) is 37.6 Å². The Morgan fingerprint density at radius 1 is 0.788 bits per heavy atom. The predicted octanol–water partition coefficient (Wildman–Crippen LogP) is 4.44. The SMILES string of the molecule is CCC(=O)CC[C@@H](NC(=O)C(c1ccccc1)(c1ccccc1)c1ccccc1)C(=O)OC. The van der Waals surface area contributed by atoms with Gasteiger partial charge in [-0.2, -0.15) is 0 Å². The summed E-state index contributed by atoms with van der Waals surface area (Å²) in [6, 6.07) is 27.6. The number of nitrogens with one attached hydrogen (secondary N) is 1. The van der Waals surface area contributed by atoms with Crippen LogP contribution in [-0.4, -0.2) is 30.8 Å². The van der Waals surface area contributed by atoms with Gasteiger partial charge >= 0.3 is 5.97 Å². The van der Waals surface area contributed by atoms with E-state index in [-0.39, 0.29) is 24.5 Å². The first-order chi connectivity index (χ1) is 16.0. The molecule has 1 amide bonds. The van der Waals surface area contributed by atoms with E-state index in [9.17, 15) is 14.4 Å². The van der Waals surface area contributed by atoms with Crippen molar-refractivity contribution in [3.63, 3.8) is 0 Å². The van der Waals surface area contributed by atoms with Crippen LogP contribution >= 0.6 is 0 Å². The molecule has 33 heavy (non-hydrogen) atoms. The second kappa shape index (κ2) is 11.2. The number of hydrogen-bond acceptors (Lipinski definition) is 4. The summed E-state index contributed by atoms with van der Waals surface area (Å²) in [7, 11) is 1.28. The molecule has 0 unspecified atom stereocenters. The largest absolute Gasteiger partial charge is 0.467 e. The monoisotopic (exact) mass is 443 g/mol. The molecule has 1 atom stereocenters. The zero-order valence-electron chi connectivity index (χ0n) is 19.0. The van der Waals surface area contributed by atoms with E-state index in [4.69, 9.17) is 4.74 Å². The maximum atomic E-state index is 14.2. The molecular formula is C28H29NO4. The highest BCUT2D eigenvalue weighted by atomic mass is 16.5. The molecular weight excluding hydrogens is 414 g/mol. The molecule has 0 spiro atoms. The number of ether oxygens (including phenoxy) is 1. The Hall–Kier alpha value is -3.73. The summed E-state index contributed by atoms with van der Waals surface area (Å²) in [4.78, 5) is 38.7. The number of hydrogen-bond donors (Lipinski definition) is 1. The van der Waals surface area contributed by atoms with Crippen molar-refractivity contribution in [2.75, 3.05) is 7.11 Å². The number of carbonyl (C=O) groups is 3. The van der Waals surface area contributed by atoms with Gasteiger partial charge in [0, 0.05) is 12.8 Å². The number of Topliss-reactive ketones (excluding diaryl/α,β-unsaturated/α-hetero) is 1. The van der Waals surface area contributed by atoms with E-state index in [1.54, 1.807) is 6.92 Å². The molecule has 0 saturated heterocycles. The van der Waals surface area contributed by atoms with E-state index in [0.29, 0.717) is 6.42 Å². The molecule has 0 aliphatic rings. The van der Waals surface area contributed by atoms with Gasteiger partial charge in [-0.1, -0.05) is 97.9 Å². The fourth-order valence-corrected chi connectivity index (χ4v) is 4.10. The normalized spacial score (nSPS) is 11.9. The zero-order chi connectivity index (χ0) is 23.7. The van der Waals surface area contributed by atoms with Crippen molar-refractivity contribution in [1.29, 1.82) is 0 Å². The molecule has 3 aromatic carbocycles. The van der Waals surface area contributed by atoms with Crippen LogP contribution in [0, 0.1) is 0 Å². The highest BCUT2D eigenvalue weighted by Crippen LogP contribution is 2.39. The topological polar surface area (TPSA) is 72.5 Å². The van der Waals surface area contributed by atoms with Crippen molar-refractivity contribution in [2.24, 2.45) is 0 Å². The van der Waals surface area contributed by atoms with E-state index in [1.165, 1.54) is 7.11 Å².